The number of nitrogens with two attached hydrogens (primary N) is 1. The first kappa shape index (κ1) is 11.0. The van der Waals surface area contributed by atoms with Crippen molar-refractivity contribution in [1.82, 2.24) is 0 Å². The van der Waals surface area contributed by atoms with E-state index in [1.165, 1.54) is 5.57 Å². The molecule has 0 fully saturated rings. The van der Waals surface area contributed by atoms with Crippen LogP contribution in [0.25, 0.3) is 5.57 Å². The van der Waals surface area contributed by atoms with Crippen LogP contribution in [-0.4, -0.2) is 19.8 Å². The molecule has 0 atom stereocenters. The van der Waals surface area contributed by atoms with Crippen LogP contribution in [0.5, 0.6) is 5.75 Å². The Labute approximate surface area is 95.9 Å². The van der Waals surface area contributed by atoms with E-state index in [1.54, 1.807) is 0 Å². The van der Waals surface area contributed by atoms with Crippen LogP contribution in [0.4, 0.5) is 5.69 Å². The van der Waals surface area contributed by atoms with E-state index in [2.05, 4.69) is 12.1 Å². The van der Waals surface area contributed by atoms with Gasteiger partial charge in [0, 0.05) is 5.56 Å². The van der Waals surface area contributed by atoms with Crippen molar-refractivity contribution in [3.8, 4) is 5.75 Å². The molecule has 86 valence electrons. The van der Waals surface area contributed by atoms with Crippen molar-refractivity contribution >= 4 is 11.3 Å². The number of benzene rings is 1. The van der Waals surface area contributed by atoms with Crippen molar-refractivity contribution in [3.63, 3.8) is 0 Å². The van der Waals surface area contributed by atoms with Crippen molar-refractivity contribution in [2.75, 3.05) is 25.6 Å². The van der Waals surface area contributed by atoms with Gasteiger partial charge in [0.1, 0.15) is 5.75 Å². The fourth-order valence-electron chi connectivity index (χ4n) is 1.88. The molecule has 0 spiro atoms. The van der Waals surface area contributed by atoms with Crippen LogP contribution in [0.3, 0.4) is 0 Å². The quantitative estimate of drug-likeness (QED) is 0.794. The molecule has 2 N–H and O–H groups in total. The smallest absolute Gasteiger partial charge is 0.149 e. The van der Waals surface area contributed by atoms with E-state index in [4.69, 9.17) is 15.2 Å². The molecular weight excluding hydrogens is 202 g/mol. The summed E-state index contributed by atoms with van der Waals surface area (Å²) in [5, 5.41) is 0. The fraction of sp³-hybridized carbons (Fsp3) is 0.385. The highest BCUT2D eigenvalue weighted by Crippen LogP contribution is 2.34. The van der Waals surface area contributed by atoms with Crippen LogP contribution < -0.4 is 10.5 Å². The minimum atomic E-state index is 0.630. The van der Waals surface area contributed by atoms with Gasteiger partial charge in [-0.3, -0.25) is 0 Å². The zero-order valence-electron chi connectivity index (χ0n) is 9.53. The number of rotatable bonds is 3. The lowest BCUT2D eigenvalue weighted by Gasteiger charge is -2.18. The minimum Gasteiger partial charge on any atom is -0.491 e. The number of hydrogen-bond donors (Lipinski definition) is 1. The molecule has 3 heteroatoms. The van der Waals surface area contributed by atoms with Crippen LogP contribution in [0.2, 0.25) is 0 Å². The summed E-state index contributed by atoms with van der Waals surface area (Å²) in [6, 6.07) is 5.89. The lowest BCUT2D eigenvalue weighted by atomic mass is 10.00. The van der Waals surface area contributed by atoms with E-state index in [1.807, 2.05) is 19.1 Å². The Morgan fingerprint density at radius 3 is 3.00 bits per heavy atom. The molecule has 0 saturated heterocycles. The maximum absolute atomic E-state index is 5.93. The summed E-state index contributed by atoms with van der Waals surface area (Å²) in [7, 11) is 0. The van der Waals surface area contributed by atoms with E-state index in [0.717, 1.165) is 24.3 Å². The number of nitrogen functional groups attached to an aromatic ring is 1. The Morgan fingerprint density at radius 1 is 1.44 bits per heavy atom. The Kier molecular flexibility index (Phi) is 3.47. The Bertz CT molecular complexity index is 399. The van der Waals surface area contributed by atoms with E-state index in [0.29, 0.717) is 18.9 Å². The summed E-state index contributed by atoms with van der Waals surface area (Å²) < 4.78 is 10.9. The van der Waals surface area contributed by atoms with Gasteiger partial charge in [0.25, 0.3) is 0 Å². The first-order chi connectivity index (χ1) is 7.83. The summed E-state index contributed by atoms with van der Waals surface area (Å²) in [6.07, 6.45) is 3.02. The topological polar surface area (TPSA) is 44.5 Å². The molecule has 0 bridgehead atoms. The second kappa shape index (κ2) is 5.03. The average molecular weight is 219 g/mol. The SMILES string of the molecule is CCOc1c(N)cccc1C1=CCOCC1. The number of hydrogen-bond acceptors (Lipinski definition) is 3. The molecule has 0 saturated carbocycles. The maximum Gasteiger partial charge on any atom is 0.149 e. The van der Waals surface area contributed by atoms with Crippen molar-refractivity contribution in [2.45, 2.75) is 13.3 Å². The second-order valence-corrected chi connectivity index (χ2v) is 3.71. The van der Waals surface area contributed by atoms with Gasteiger partial charge in [-0.2, -0.15) is 0 Å². The van der Waals surface area contributed by atoms with Gasteiger partial charge < -0.3 is 15.2 Å². The molecule has 2 rings (SSSR count). The summed E-state index contributed by atoms with van der Waals surface area (Å²) in [4.78, 5) is 0. The third kappa shape index (κ3) is 2.19. The predicted molar refractivity (Wildman–Crippen MR) is 65.4 cm³/mol. The number of anilines is 1. The van der Waals surface area contributed by atoms with Gasteiger partial charge in [-0.15, -0.1) is 0 Å². The second-order valence-electron chi connectivity index (χ2n) is 3.71. The summed E-state index contributed by atoms with van der Waals surface area (Å²) in [6.45, 7) is 4.04. The number of ether oxygens (including phenoxy) is 2. The highest BCUT2D eigenvalue weighted by molar-refractivity contribution is 5.76. The number of para-hydroxylation sites is 1. The molecule has 1 aromatic rings. The van der Waals surface area contributed by atoms with Gasteiger partial charge in [0.05, 0.1) is 25.5 Å². The van der Waals surface area contributed by atoms with E-state index < -0.39 is 0 Å². The molecular formula is C13H17NO2. The molecule has 0 unspecified atom stereocenters. The van der Waals surface area contributed by atoms with Crippen molar-refractivity contribution in [2.24, 2.45) is 0 Å². The van der Waals surface area contributed by atoms with Gasteiger partial charge >= 0.3 is 0 Å². The average Bonchev–Trinajstić information content (AvgIpc) is 2.33. The molecule has 3 nitrogen and oxygen atoms in total. The molecule has 0 aromatic heterocycles. The molecule has 0 aliphatic carbocycles. The van der Waals surface area contributed by atoms with E-state index >= 15 is 0 Å². The van der Waals surface area contributed by atoms with Crippen molar-refractivity contribution < 1.29 is 9.47 Å². The maximum atomic E-state index is 5.93. The van der Waals surface area contributed by atoms with Gasteiger partial charge in [-0.1, -0.05) is 18.2 Å². The Morgan fingerprint density at radius 2 is 2.31 bits per heavy atom. The van der Waals surface area contributed by atoms with Crippen LogP contribution in [0, 0.1) is 0 Å². The molecule has 0 radical (unpaired) electrons. The largest absolute Gasteiger partial charge is 0.491 e. The molecule has 16 heavy (non-hydrogen) atoms. The standard InChI is InChI=1S/C13H17NO2/c1-2-16-13-11(4-3-5-12(13)14)10-6-8-15-9-7-10/h3-6H,2,7-9,14H2,1H3. The van der Waals surface area contributed by atoms with Crippen LogP contribution >= 0.6 is 0 Å². The molecule has 1 aliphatic rings. The third-order valence-corrected chi connectivity index (χ3v) is 2.64. The van der Waals surface area contributed by atoms with Gasteiger partial charge in [-0.05, 0) is 25.0 Å². The van der Waals surface area contributed by atoms with Crippen LogP contribution in [-0.2, 0) is 4.74 Å². The fourth-order valence-corrected chi connectivity index (χ4v) is 1.88. The van der Waals surface area contributed by atoms with E-state index in [9.17, 15) is 0 Å². The van der Waals surface area contributed by atoms with Gasteiger partial charge in [0.2, 0.25) is 0 Å². The Balaban J connectivity index is 2.38. The molecule has 1 aliphatic heterocycles. The molecule has 1 aromatic carbocycles. The monoisotopic (exact) mass is 219 g/mol. The predicted octanol–water partition coefficient (Wildman–Crippen LogP) is 2.47. The van der Waals surface area contributed by atoms with Crippen LogP contribution in [0.1, 0.15) is 18.9 Å². The summed E-state index contributed by atoms with van der Waals surface area (Å²) in [5.74, 6) is 0.804. The Hall–Kier alpha value is -1.48. The van der Waals surface area contributed by atoms with Gasteiger partial charge in [-0.25, -0.2) is 0 Å². The lowest BCUT2D eigenvalue weighted by Crippen LogP contribution is -2.06. The zero-order chi connectivity index (χ0) is 11.4. The molecule has 0 amide bonds. The zero-order valence-corrected chi connectivity index (χ0v) is 9.53. The normalized spacial score (nSPS) is 15.7. The summed E-state index contributed by atoms with van der Waals surface area (Å²) in [5.41, 5.74) is 9.00. The highest BCUT2D eigenvalue weighted by atomic mass is 16.5. The van der Waals surface area contributed by atoms with E-state index in [-0.39, 0.29) is 0 Å². The summed E-state index contributed by atoms with van der Waals surface area (Å²) >= 11 is 0. The van der Waals surface area contributed by atoms with Crippen molar-refractivity contribution in [1.29, 1.82) is 0 Å². The van der Waals surface area contributed by atoms with Crippen LogP contribution in [0.15, 0.2) is 24.3 Å². The van der Waals surface area contributed by atoms with Gasteiger partial charge in [0.15, 0.2) is 0 Å². The first-order valence-electron chi connectivity index (χ1n) is 5.61. The van der Waals surface area contributed by atoms with Crippen molar-refractivity contribution in [3.05, 3.63) is 29.8 Å². The molecule has 1 heterocycles. The highest BCUT2D eigenvalue weighted by Gasteiger charge is 2.13. The third-order valence-electron chi connectivity index (χ3n) is 2.64. The lowest BCUT2D eigenvalue weighted by molar-refractivity contribution is 0.161. The first-order valence-corrected chi connectivity index (χ1v) is 5.61. The minimum absolute atomic E-state index is 0.630.